The van der Waals surface area contributed by atoms with Crippen LogP contribution in [0.2, 0.25) is 0 Å². The van der Waals surface area contributed by atoms with Gasteiger partial charge in [-0.2, -0.15) is 0 Å². The van der Waals surface area contributed by atoms with Crippen LogP contribution in [0.5, 0.6) is 0 Å². The third-order valence-corrected chi connectivity index (χ3v) is 4.10. The van der Waals surface area contributed by atoms with Crippen molar-refractivity contribution in [3.8, 4) is 0 Å². The van der Waals surface area contributed by atoms with Crippen LogP contribution in [0.3, 0.4) is 0 Å². The third kappa shape index (κ3) is 3.69. The van der Waals surface area contributed by atoms with Gasteiger partial charge in [-0.25, -0.2) is 13.1 Å². The van der Waals surface area contributed by atoms with E-state index >= 15 is 0 Å². The lowest BCUT2D eigenvalue weighted by molar-refractivity contribution is 0.579. The number of nitrogens with zero attached hydrogens (tertiary/aromatic N) is 1. The Morgan fingerprint density at radius 2 is 2.00 bits per heavy atom. The van der Waals surface area contributed by atoms with E-state index in [9.17, 15) is 8.42 Å². The van der Waals surface area contributed by atoms with Gasteiger partial charge in [-0.3, -0.25) is 0 Å². The summed E-state index contributed by atoms with van der Waals surface area (Å²) in [5, 5.41) is 0. The molecule has 3 N–H and O–H groups in total. The second-order valence-electron chi connectivity index (χ2n) is 4.38. The highest BCUT2D eigenvalue weighted by molar-refractivity contribution is 7.89. The van der Waals surface area contributed by atoms with E-state index in [1.165, 1.54) is 0 Å². The maximum atomic E-state index is 12.0. The summed E-state index contributed by atoms with van der Waals surface area (Å²) < 4.78 is 26.6. The fraction of sp³-hybridized carbons (Fsp3) is 0.500. The molecule has 0 saturated heterocycles. The zero-order chi connectivity index (χ0) is 13.8. The fourth-order valence-electron chi connectivity index (χ4n) is 1.63. The van der Waals surface area contributed by atoms with Crippen molar-refractivity contribution in [1.82, 2.24) is 4.72 Å². The summed E-state index contributed by atoms with van der Waals surface area (Å²) in [5.41, 5.74) is 7.28. The summed E-state index contributed by atoms with van der Waals surface area (Å²) >= 11 is 0. The van der Waals surface area contributed by atoms with Gasteiger partial charge in [0.2, 0.25) is 10.0 Å². The quantitative estimate of drug-likeness (QED) is 0.746. The molecule has 102 valence electrons. The molecule has 0 amide bonds. The molecule has 0 atom stereocenters. The number of hydrogen-bond donors (Lipinski definition) is 2. The SMILES string of the molecule is Cc1ccc(S(=O)(=O)NCCCN)cc1N(C)C. The minimum atomic E-state index is -3.44. The molecule has 0 saturated carbocycles. The maximum Gasteiger partial charge on any atom is 0.240 e. The van der Waals surface area contributed by atoms with Crippen molar-refractivity contribution in [2.24, 2.45) is 5.73 Å². The Kier molecular flexibility index (Phi) is 5.13. The minimum Gasteiger partial charge on any atom is -0.377 e. The van der Waals surface area contributed by atoms with Gasteiger partial charge in [-0.15, -0.1) is 0 Å². The summed E-state index contributed by atoms with van der Waals surface area (Å²) in [4.78, 5) is 2.18. The normalized spacial score (nSPS) is 11.6. The molecule has 0 bridgehead atoms. The fourth-order valence-corrected chi connectivity index (χ4v) is 2.72. The van der Waals surface area contributed by atoms with E-state index in [1.807, 2.05) is 32.0 Å². The number of nitrogens with two attached hydrogens (primary N) is 1. The van der Waals surface area contributed by atoms with Crippen LogP contribution < -0.4 is 15.4 Å². The first-order valence-electron chi connectivity index (χ1n) is 5.86. The summed E-state index contributed by atoms with van der Waals surface area (Å²) in [6.07, 6.45) is 0.631. The topological polar surface area (TPSA) is 75.4 Å². The van der Waals surface area contributed by atoms with Crippen LogP contribution in [0.25, 0.3) is 0 Å². The Bertz CT molecular complexity index is 498. The van der Waals surface area contributed by atoms with E-state index < -0.39 is 10.0 Å². The van der Waals surface area contributed by atoms with E-state index in [0.717, 1.165) is 11.3 Å². The maximum absolute atomic E-state index is 12.0. The molecule has 0 unspecified atom stereocenters. The van der Waals surface area contributed by atoms with E-state index in [0.29, 0.717) is 19.5 Å². The molecule has 0 aliphatic heterocycles. The number of sulfonamides is 1. The monoisotopic (exact) mass is 271 g/mol. The van der Waals surface area contributed by atoms with Crippen LogP contribution in [0.4, 0.5) is 5.69 Å². The Balaban J connectivity index is 2.99. The molecule has 0 aliphatic rings. The number of aryl methyl sites for hydroxylation is 1. The lowest BCUT2D eigenvalue weighted by Gasteiger charge is -2.17. The Morgan fingerprint density at radius 3 is 2.56 bits per heavy atom. The average molecular weight is 271 g/mol. The van der Waals surface area contributed by atoms with Gasteiger partial charge < -0.3 is 10.6 Å². The Morgan fingerprint density at radius 1 is 1.33 bits per heavy atom. The highest BCUT2D eigenvalue weighted by atomic mass is 32.2. The first-order valence-corrected chi connectivity index (χ1v) is 7.34. The zero-order valence-electron chi connectivity index (χ0n) is 11.1. The number of nitrogens with one attached hydrogen (secondary N) is 1. The molecule has 0 fully saturated rings. The average Bonchev–Trinajstić information content (AvgIpc) is 2.29. The van der Waals surface area contributed by atoms with Crippen molar-refractivity contribution in [3.63, 3.8) is 0 Å². The predicted octanol–water partition coefficient (Wildman–Crippen LogP) is 0.688. The zero-order valence-corrected chi connectivity index (χ0v) is 11.9. The van der Waals surface area contributed by atoms with Crippen LogP contribution in [-0.4, -0.2) is 35.6 Å². The lowest BCUT2D eigenvalue weighted by Crippen LogP contribution is -2.26. The third-order valence-electron chi connectivity index (χ3n) is 2.65. The van der Waals surface area contributed by atoms with Crippen LogP contribution >= 0.6 is 0 Å². The largest absolute Gasteiger partial charge is 0.377 e. The summed E-state index contributed by atoms with van der Waals surface area (Å²) in [5.74, 6) is 0. The molecule has 0 aromatic heterocycles. The van der Waals surface area contributed by atoms with Crippen molar-refractivity contribution in [2.45, 2.75) is 18.2 Å². The number of hydrogen-bond acceptors (Lipinski definition) is 4. The van der Waals surface area contributed by atoms with Gasteiger partial charge in [0.25, 0.3) is 0 Å². The van der Waals surface area contributed by atoms with Crippen molar-refractivity contribution in [2.75, 3.05) is 32.1 Å². The highest BCUT2D eigenvalue weighted by Crippen LogP contribution is 2.22. The minimum absolute atomic E-state index is 0.286. The van der Waals surface area contributed by atoms with Crippen molar-refractivity contribution in [1.29, 1.82) is 0 Å². The molecule has 18 heavy (non-hydrogen) atoms. The van der Waals surface area contributed by atoms with Gasteiger partial charge in [-0.1, -0.05) is 6.07 Å². The van der Waals surface area contributed by atoms with Crippen molar-refractivity contribution in [3.05, 3.63) is 23.8 Å². The van der Waals surface area contributed by atoms with E-state index in [-0.39, 0.29) is 4.90 Å². The van der Waals surface area contributed by atoms with Gasteiger partial charge in [0.15, 0.2) is 0 Å². The second-order valence-corrected chi connectivity index (χ2v) is 6.15. The van der Waals surface area contributed by atoms with Crippen LogP contribution in [0, 0.1) is 6.92 Å². The summed E-state index contributed by atoms with van der Waals surface area (Å²) in [7, 11) is 0.341. The van der Waals surface area contributed by atoms with Gasteiger partial charge in [0.1, 0.15) is 0 Å². The molecule has 5 nitrogen and oxygen atoms in total. The summed E-state index contributed by atoms with van der Waals surface area (Å²) in [6, 6.07) is 5.11. The smallest absolute Gasteiger partial charge is 0.240 e. The molecule has 0 heterocycles. The first-order chi connectivity index (χ1) is 8.38. The van der Waals surface area contributed by atoms with E-state index in [1.54, 1.807) is 12.1 Å². The van der Waals surface area contributed by atoms with Crippen LogP contribution in [-0.2, 0) is 10.0 Å². The van der Waals surface area contributed by atoms with Gasteiger partial charge >= 0.3 is 0 Å². The van der Waals surface area contributed by atoms with Gasteiger partial charge in [0, 0.05) is 26.3 Å². The first kappa shape index (κ1) is 14.9. The van der Waals surface area contributed by atoms with Gasteiger partial charge in [0.05, 0.1) is 4.90 Å². The number of anilines is 1. The standard InChI is InChI=1S/C12H21N3O2S/c1-10-5-6-11(9-12(10)15(2)3)18(16,17)14-8-4-7-13/h5-6,9,14H,4,7-8,13H2,1-3H3. The lowest BCUT2D eigenvalue weighted by atomic mass is 10.2. The molecule has 1 aromatic rings. The highest BCUT2D eigenvalue weighted by Gasteiger charge is 2.15. The molecule has 0 spiro atoms. The van der Waals surface area contributed by atoms with E-state index in [4.69, 9.17) is 5.73 Å². The van der Waals surface area contributed by atoms with Crippen LogP contribution in [0.15, 0.2) is 23.1 Å². The number of rotatable bonds is 6. The van der Waals surface area contributed by atoms with Gasteiger partial charge in [-0.05, 0) is 37.6 Å². The van der Waals surface area contributed by atoms with Crippen molar-refractivity contribution < 1.29 is 8.42 Å². The molecule has 0 aliphatic carbocycles. The molecule has 1 rings (SSSR count). The Labute approximate surface area is 109 Å². The molecular formula is C12H21N3O2S. The molecule has 0 radical (unpaired) electrons. The number of benzene rings is 1. The Hall–Kier alpha value is -1.11. The van der Waals surface area contributed by atoms with Crippen molar-refractivity contribution >= 4 is 15.7 Å². The molecular weight excluding hydrogens is 250 g/mol. The van der Waals surface area contributed by atoms with E-state index in [2.05, 4.69) is 4.72 Å². The van der Waals surface area contributed by atoms with Crippen LogP contribution in [0.1, 0.15) is 12.0 Å². The second kappa shape index (κ2) is 6.17. The summed E-state index contributed by atoms with van der Waals surface area (Å²) in [6.45, 7) is 2.79. The predicted molar refractivity (Wildman–Crippen MR) is 74.4 cm³/mol. The molecule has 6 heteroatoms. The molecule has 1 aromatic carbocycles.